The minimum absolute atomic E-state index is 0.0702. The SMILES string of the molecule is CC(=O)CCn1c(-c2ccccc2)cc2cc([N+](=O)[O-])ccc21. The minimum atomic E-state index is -0.394. The summed E-state index contributed by atoms with van der Waals surface area (Å²) in [5, 5.41) is 11.8. The van der Waals surface area contributed by atoms with Crippen LogP contribution in [-0.2, 0) is 11.3 Å². The maximum atomic E-state index is 11.4. The Hall–Kier alpha value is -2.95. The molecule has 0 radical (unpaired) electrons. The van der Waals surface area contributed by atoms with Crippen LogP contribution in [0.25, 0.3) is 22.2 Å². The molecule has 0 bridgehead atoms. The van der Waals surface area contributed by atoms with Crippen LogP contribution in [0, 0.1) is 10.1 Å². The zero-order valence-electron chi connectivity index (χ0n) is 12.7. The van der Waals surface area contributed by atoms with E-state index in [0.29, 0.717) is 13.0 Å². The standard InChI is InChI=1S/C18H16N2O3/c1-13(21)9-10-19-17-8-7-16(20(22)23)11-15(17)12-18(19)14-5-3-2-4-6-14/h2-8,11-12H,9-10H2,1H3. The van der Waals surface area contributed by atoms with E-state index in [9.17, 15) is 14.9 Å². The molecule has 0 unspecified atom stereocenters. The number of nitrogens with zero attached hydrogens (tertiary/aromatic N) is 2. The van der Waals surface area contributed by atoms with Crippen LogP contribution in [0.2, 0.25) is 0 Å². The molecule has 0 amide bonds. The van der Waals surface area contributed by atoms with Gasteiger partial charge >= 0.3 is 0 Å². The van der Waals surface area contributed by atoms with Crippen molar-refractivity contribution in [3.63, 3.8) is 0 Å². The topological polar surface area (TPSA) is 65.1 Å². The molecule has 1 aromatic heterocycles. The summed E-state index contributed by atoms with van der Waals surface area (Å²) in [7, 11) is 0. The van der Waals surface area contributed by atoms with Crippen molar-refractivity contribution in [1.29, 1.82) is 0 Å². The van der Waals surface area contributed by atoms with Gasteiger partial charge in [-0.25, -0.2) is 0 Å². The average molecular weight is 308 g/mol. The highest BCUT2D eigenvalue weighted by Crippen LogP contribution is 2.30. The molecule has 1 heterocycles. The second-order valence-electron chi connectivity index (χ2n) is 5.50. The lowest BCUT2D eigenvalue weighted by atomic mass is 10.1. The first-order valence-electron chi connectivity index (χ1n) is 7.39. The maximum absolute atomic E-state index is 11.4. The van der Waals surface area contributed by atoms with Crippen LogP contribution in [0.1, 0.15) is 13.3 Å². The largest absolute Gasteiger partial charge is 0.340 e. The number of non-ortho nitro benzene ring substituents is 1. The van der Waals surface area contributed by atoms with Gasteiger partial charge in [-0.15, -0.1) is 0 Å². The van der Waals surface area contributed by atoms with E-state index in [0.717, 1.165) is 22.2 Å². The van der Waals surface area contributed by atoms with E-state index >= 15 is 0 Å². The Balaban J connectivity index is 2.18. The third-order valence-electron chi connectivity index (χ3n) is 3.85. The fourth-order valence-electron chi connectivity index (χ4n) is 2.73. The predicted molar refractivity (Wildman–Crippen MR) is 89.3 cm³/mol. The van der Waals surface area contributed by atoms with E-state index in [-0.39, 0.29) is 11.5 Å². The Kier molecular flexibility index (Phi) is 3.93. The summed E-state index contributed by atoms with van der Waals surface area (Å²) >= 11 is 0. The monoisotopic (exact) mass is 308 g/mol. The highest BCUT2D eigenvalue weighted by molar-refractivity contribution is 5.89. The summed E-state index contributed by atoms with van der Waals surface area (Å²) in [5.41, 5.74) is 2.95. The van der Waals surface area contributed by atoms with Gasteiger partial charge in [-0.1, -0.05) is 30.3 Å². The van der Waals surface area contributed by atoms with Crippen molar-refractivity contribution in [2.24, 2.45) is 0 Å². The van der Waals surface area contributed by atoms with Crippen molar-refractivity contribution >= 4 is 22.4 Å². The van der Waals surface area contributed by atoms with Crippen LogP contribution >= 0.6 is 0 Å². The number of fused-ring (bicyclic) bond motifs is 1. The fourth-order valence-corrected chi connectivity index (χ4v) is 2.73. The quantitative estimate of drug-likeness (QED) is 0.524. The van der Waals surface area contributed by atoms with E-state index in [1.807, 2.05) is 36.4 Å². The van der Waals surface area contributed by atoms with Gasteiger partial charge in [0.05, 0.1) is 4.92 Å². The number of aromatic nitrogens is 1. The molecule has 0 atom stereocenters. The van der Waals surface area contributed by atoms with Crippen LogP contribution in [0.3, 0.4) is 0 Å². The Morgan fingerprint density at radius 3 is 2.52 bits per heavy atom. The summed E-state index contributed by atoms with van der Waals surface area (Å²) < 4.78 is 2.05. The Labute approximate surface area is 133 Å². The van der Waals surface area contributed by atoms with Crippen LogP contribution in [0.5, 0.6) is 0 Å². The second kappa shape index (κ2) is 6.04. The Bertz CT molecular complexity index is 882. The van der Waals surface area contributed by atoms with Gasteiger partial charge < -0.3 is 4.57 Å². The molecule has 0 saturated heterocycles. The second-order valence-corrected chi connectivity index (χ2v) is 5.50. The van der Waals surface area contributed by atoms with Crippen LogP contribution in [0.15, 0.2) is 54.6 Å². The summed E-state index contributed by atoms with van der Waals surface area (Å²) in [6.07, 6.45) is 0.431. The predicted octanol–water partition coefficient (Wildman–Crippen LogP) is 4.20. The number of carbonyl (C=O) groups excluding carboxylic acids is 1. The molecule has 0 saturated carbocycles. The fraction of sp³-hybridized carbons (Fsp3) is 0.167. The van der Waals surface area contributed by atoms with Crippen molar-refractivity contribution < 1.29 is 9.72 Å². The normalized spacial score (nSPS) is 10.8. The molecule has 116 valence electrons. The van der Waals surface area contributed by atoms with Gasteiger partial charge in [0.1, 0.15) is 5.78 Å². The van der Waals surface area contributed by atoms with Crippen molar-refractivity contribution in [1.82, 2.24) is 4.57 Å². The number of hydrogen-bond donors (Lipinski definition) is 0. The Morgan fingerprint density at radius 1 is 1.13 bits per heavy atom. The van der Waals surface area contributed by atoms with Crippen molar-refractivity contribution in [2.75, 3.05) is 0 Å². The average Bonchev–Trinajstić information content (AvgIpc) is 2.91. The van der Waals surface area contributed by atoms with Crippen molar-refractivity contribution in [3.8, 4) is 11.3 Å². The van der Waals surface area contributed by atoms with E-state index in [1.54, 1.807) is 19.1 Å². The first kappa shape index (κ1) is 15.0. The van der Waals surface area contributed by atoms with Gasteiger partial charge in [-0.2, -0.15) is 0 Å². The number of nitro benzene ring substituents is 1. The van der Waals surface area contributed by atoms with Gasteiger partial charge in [0.15, 0.2) is 0 Å². The Morgan fingerprint density at radius 2 is 1.87 bits per heavy atom. The molecule has 3 aromatic rings. The summed E-state index contributed by atoms with van der Waals surface area (Å²) in [6, 6.07) is 16.6. The lowest BCUT2D eigenvalue weighted by Crippen LogP contribution is -2.04. The lowest BCUT2D eigenvalue weighted by Gasteiger charge is -2.10. The summed E-state index contributed by atoms with van der Waals surface area (Å²) in [4.78, 5) is 21.9. The molecule has 0 aliphatic rings. The molecule has 0 fully saturated rings. The molecule has 5 heteroatoms. The van der Waals surface area contributed by atoms with Gasteiger partial charge in [-0.3, -0.25) is 14.9 Å². The minimum Gasteiger partial charge on any atom is -0.340 e. The lowest BCUT2D eigenvalue weighted by molar-refractivity contribution is -0.384. The van der Waals surface area contributed by atoms with Crippen molar-refractivity contribution in [3.05, 3.63) is 64.7 Å². The third-order valence-corrected chi connectivity index (χ3v) is 3.85. The molecule has 0 spiro atoms. The summed E-state index contributed by atoms with van der Waals surface area (Å²) in [6.45, 7) is 2.12. The van der Waals surface area contributed by atoms with Gasteiger partial charge in [0.2, 0.25) is 0 Å². The van der Waals surface area contributed by atoms with Gasteiger partial charge in [-0.05, 0) is 24.6 Å². The highest BCUT2D eigenvalue weighted by Gasteiger charge is 2.14. The zero-order chi connectivity index (χ0) is 16.4. The number of Topliss-reactive ketones (excluding diaryl/α,β-unsaturated/α-hetero) is 1. The number of benzene rings is 2. The number of ketones is 1. The number of nitro groups is 1. The first-order valence-corrected chi connectivity index (χ1v) is 7.39. The molecule has 0 aliphatic heterocycles. The van der Waals surface area contributed by atoms with Gasteiger partial charge in [0.25, 0.3) is 5.69 Å². The zero-order valence-corrected chi connectivity index (χ0v) is 12.7. The smallest absolute Gasteiger partial charge is 0.270 e. The summed E-state index contributed by atoms with van der Waals surface area (Å²) in [5.74, 6) is 0.118. The molecule has 23 heavy (non-hydrogen) atoms. The molecular weight excluding hydrogens is 292 g/mol. The molecule has 2 aromatic carbocycles. The highest BCUT2D eigenvalue weighted by atomic mass is 16.6. The van der Waals surface area contributed by atoms with Crippen LogP contribution in [0.4, 0.5) is 5.69 Å². The van der Waals surface area contributed by atoms with Gasteiger partial charge in [0, 0.05) is 41.7 Å². The first-order chi connectivity index (χ1) is 11.1. The molecule has 0 N–H and O–H groups in total. The molecule has 3 rings (SSSR count). The molecule has 5 nitrogen and oxygen atoms in total. The molecular formula is C18H16N2O3. The maximum Gasteiger partial charge on any atom is 0.270 e. The number of rotatable bonds is 5. The van der Waals surface area contributed by atoms with E-state index in [1.165, 1.54) is 6.07 Å². The number of hydrogen-bond acceptors (Lipinski definition) is 3. The van der Waals surface area contributed by atoms with E-state index < -0.39 is 4.92 Å². The molecule has 0 aliphatic carbocycles. The third kappa shape index (κ3) is 2.99. The van der Waals surface area contributed by atoms with Crippen LogP contribution in [-0.4, -0.2) is 15.3 Å². The van der Waals surface area contributed by atoms with E-state index in [4.69, 9.17) is 0 Å². The van der Waals surface area contributed by atoms with E-state index in [2.05, 4.69) is 4.57 Å². The number of carbonyl (C=O) groups is 1. The van der Waals surface area contributed by atoms with Crippen LogP contribution < -0.4 is 0 Å². The number of aryl methyl sites for hydroxylation is 1. The van der Waals surface area contributed by atoms with Crippen molar-refractivity contribution in [2.45, 2.75) is 19.9 Å².